The lowest BCUT2D eigenvalue weighted by molar-refractivity contribution is 0.595. The molecule has 21 heavy (non-hydrogen) atoms. The second kappa shape index (κ2) is 5.76. The largest absolute Gasteiger partial charge is 0.398 e. The highest BCUT2D eigenvalue weighted by atomic mass is 79.9. The van der Waals surface area contributed by atoms with Crippen molar-refractivity contribution in [3.8, 4) is 6.07 Å². The summed E-state index contributed by atoms with van der Waals surface area (Å²) in [5.74, 6) is 0. The van der Waals surface area contributed by atoms with Crippen molar-refractivity contribution < 1.29 is 8.42 Å². The van der Waals surface area contributed by atoms with Gasteiger partial charge in [0.2, 0.25) is 0 Å². The molecule has 0 amide bonds. The Morgan fingerprint density at radius 1 is 1.24 bits per heavy atom. The molecule has 0 saturated carbocycles. The standard InChI is InChI=1S/C14H12BrN3O2S/c1-18(12-4-2-3-10(7-12)9-16)21(19,20)14-6-5-11(15)8-13(14)17/h2-8H,17H2,1H3. The third kappa shape index (κ3) is 3.01. The van der Waals surface area contributed by atoms with E-state index >= 15 is 0 Å². The molecule has 2 aromatic rings. The minimum absolute atomic E-state index is 0.0237. The average Bonchev–Trinajstić information content (AvgIpc) is 2.46. The van der Waals surface area contributed by atoms with Crippen molar-refractivity contribution in [1.29, 1.82) is 5.26 Å². The van der Waals surface area contributed by atoms with Crippen molar-refractivity contribution in [2.75, 3.05) is 17.1 Å². The number of nitriles is 1. The number of nitrogen functional groups attached to an aromatic ring is 1. The zero-order chi connectivity index (χ0) is 15.6. The van der Waals surface area contributed by atoms with E-state index in [4.69, 9.17) is 11.0 Å². The van der Waals surface area contributed by atoms with E-state index in [1.165, 1.54) is 25.2 Å². The predicted molar refractivity (Wildman–Crippen MR) is 85.3 cm³/mol. The highest BCUT2D eigenvalue weighted by molar-refractivity contribution is 9.10. The van der Waals surface area contributed by atoms with Gasteiger partial charge in [0.15, 0.2) is 0 Å². The average molecular weight is 366 g/mol. The Bertz CT molecular complexity index is 828. The highest BCUT2D eigenvalue weighted by Crippen LogP contribution is 2.28. The fourth-order valence-electron chi connectivity index (χ4n) is 1.81. The van der Waals surface area contributed by atoms with E-state index in [1.807, 2.05) is 6.07 Å². The smallest absolute Gasteiger partial charge is 0.266 e. The normalized spacial score (nSPS) is 10.9. The number of rotatable bonds is 3. The Hall–Kier alpha value is -2.04. The Morgan fingerprint density at radius 2 is 1.95 bits per heavy atom. The second-order valence-electron chi connectivity index (χ2n) is 4.32. The van der Waals surface area contributed by atoms with E-state index in [1.54, 1.807) is 24.3 Å². The first kappa shape index (κ1) is 15.4. The van der Waals surface area contributed by atoms with Gasteiger partial charge in [-0.3, -0.25) is 4.31 Å². The number of nitrogens with two attached hydrogens (primary N) is 1. The Morgan fingerprint density at radius 3 is 2.57 bits per heavy atom. The fraction of sp³-hybridized carbons (Fsp3) is 0.0714. The van der Waals surface area contributed by atoms with Crippen LogP contribution in [0.25, 0.3) is 0 Å². The predicted octanol–water partition coefficient (Wildman–Crippen LogP) is 2.73. The summed E-state index contributed by atoms with van der Waals surface area (Å²) in [6.45, 7) is 0. The first-order chi connectivity index (χ1) is 9.86. The molecule has 108 valence electrons. The van der Waals surface area contributed by atoms with Crippen LogP contribution in [0.15, 0.2) is 51.8 Å². The first-order valence-electron chi connectivity index (χ1n) is 5.90. The van der Waals surface area contributed by atoms with Crippen molar-refractivity contribution in [2.24, 2.45) is 0 Å². The Kier molecular flexibility index (Phi) is 4.21. The molecule has 2 N–H and O–H groups in total. The van der Waals surface area contributed by atoms with Gasteiger partial charge in [-0.1, -0.05) is 22.0 Å². The topological polar surface area (TPSA) is 87.2 Å². The van der Waals surface area contributed by atoms with Gasteiger partial charge < -0.3 is 5.73 Å². The first-order valence-corrected chi connectivity index (χ1v) is 8.13. The molecule has 5 nitrogen and oxygen atoms in total. The van der Waals surface area contributed by atoms with Crippen LogP contribution in [0.4, 0.5) is 11.4 Å². The number of hydrogen-bond acceptors (Lipinski definition) is 4. The zero-order valence-corrected chi connectivity index (χ0v) is 13.5. The van der Waals surface area contributed by atoms with E-state index in [2.05, 4.69) is 15.9 Å². The maximum absolute atomic E-state index is 12.6. The summed E-state index contributed by atoms with van der Waals surface area (Å²) >= 11 is 3.24. The molecule has 2 aromatic carbocycles. The second-order valence-corrected chi connectivity index (χ2v) is 7.17. The molecule has 0 aromatic heterocycles. The lowest BCUT2D eigenvalue weighted by atomic mass is 10.2. The van der Waals surface area contributed by atoms with Gasteiger partial charge in [0.05, 0.1) is 23.0 Å². The van der Waals surface area contributed by atoms with Crippen molar-refractivity contribution in [3.63, 3.8) is 0 Å². The van der Waals surface area contributed by atoms with Crippen LogP contribution in [0.3, 0.4) is 0 Å². The molecular weight excluding hydrogens is 354 g/mol. The monoisotopic (exact) mass is 365 g/mol. The molecule has 0 aliphatic rings. The van der Waals surface area contributed by atoms with Gasteiger partial charge in [0, 0.05) is 11.5 Å². The van der Waals surface area contributed by atoms with Gasteiger partial charge >= 0.3 is 0 Å². The van der Waals surface area contributed by atoms with Crippen molar-refractivity contribution in [1.82, 2.24) is 0 Å². The third-order valence-electron chi connectivity index (χ3n) is 2.95. The Balaban J connectivity index is 2.50. The number of halogens is 1. The van der Waals surface area contributed by atoms with Gasteiger partial charge in [-0.2, -0.15) is 5.26 Å². The molecule has 0 spiro atoms. The summed E-state index contributed by atoms with van der Waals surface area (Å²) in [7, 11) is -2.36. The van der Waals surface area contributed by atoms with Crippen LogP contribution in [0.5, 0.6) is 0 Å². The molecule has 7 heteroatoms. The highest BCUT2D eigenvalue weighted by Gasteiger charge is 2.24. The SMILES string of the molecule is CN(c1cccc(C#N)c1)S(=O)(=O)c1ccc(Br)cc1N. The van der Waals surface area contributed by atoms with Crippen LogP contribution in [0.2, 0.25) is 0 Å². The summed E-state index contributed by atoms with van der Waals surface area (Å²) < 4.78 is 27.0. The van der Waals surface area contributed by atoms with Crippen LogP contribution in [0.1, 0.15) is 5.56 Å². The lowest BCUT2D eigenvalue weighted by Crippen LogP contribution is -2.27. The molecule has 2 rings (SSSR count). The minimum Gasteiger partial charge on any atom is -0.398 e. The zero-order valence-electron chi connectivity index (χ0n) is 11.1. The number of nitrogens with zero attached hydrogens (tertiary/aromatic N) is 2. The number of anilines is 2. The molecule has 0 atom stereocenters. The fourth-order valence-corrected chi connectivity index (χ4v) is 3.47. The summed E-state index contributed by atoms with van der Waals surface area (Å²) in [5.41, 5.74) is 6.74. The molecule has 0 radical (unpaired) electrons. The number of benzene rings is 2. The van der Waals surface area contributed by atoms with Crippen molar-refractivity contribution in [2.45, 2.75) is 4.90 Å². The quantitative estimate of drug-likeness (QED) is 0.847. The molecule has 0 aliphatic heterocycles. The minimum atomic E-state index is -3.79. The molecule has 0 aliphatic carbocycles. The number of sulfonamides is 1. The van der Waals surface area contributed by atoms with Crippen LogP contribution in [-0.2, 0) is 10.0 Å². The summed E-state index contributed by atoms with van der Waals surface area (Å²) in [5, 5.41) is 8.90. The summed E-state index contributed by atoms with van der Waals surface area (Å²) in [4.78, 5) is 0.0237. The Labute approximate surface area is 131 Å². The van der Waals surface area contributed by atoms with Gasteiger partial charge in [-0.05, 0) is 36.4 Å². The van der Waals surface area contributed by atoms with E-state index in [0.29, 0.717) is 15.7 Å². The molecular formula is C14H12BrN3O2S. The van der Waals surface area contributed by atoms with Crippen LogP contribution >= 0.6 is 15.9 Å². The van der Waals surface area contributed by atoms with Crippen molar-refractivity contribution >= 4 is 37.3 Å². The van der Waals surface area contributed by atoms with Crippen LogP contribution in [0, 0.1) is 11.3 Å². The third-order valence-corrected chi connectivity index (χ3v) is 5.30. The van der Waals surface area contributed by atoms with E-state index in [9.17, 15) is 8.42 Å². The van der Waals surface area contributed by atoms with Gasteiger partial charge in [0.25, 0.3) is 10.0 Å². The van der Waals surface area contributed by atoms with Gasteiger partial charge in [-0.25, -0.2) is 8.42 Å². The van der Waals surface area contributed by atoms with Crippen LogP contribution < -0.4 is 10.0 Å². The summed E-state index contributed by atoms with van der Waals surface area (Å²) in [6, 6.07) is 12.9. The van der Waals surface area contributed by atoms with Gasteiger partial charge in [0.1, 0.15) is 4.90 Å². The van der Waals surface area contributed by atoms with Crippen molar-refractivity contribution in [3.05, 3.63) is 52.5 Å². The lowest BCUT2D eigenvalue weighted by Gasteiger charge is -2.20. The molecule has 0 saturated heterocycles. The van der Waals surface area contributed by atoms with E-state index in [0.717, 1.165) is 4.31 Å². The maximum Gasteiger partial charge on any atom is 0.266 e. The maximum atomic E-state index is 12.6. The summed E-state index contributed by atoms with van der Waals surface area (Å²) in [6.07, 6.45) is 0. The van der Waals surface area contributed by atoms with Crippen LogP contribution in [-0.4, -0.2) is 15.5 Å². The molecule has 0 unspecified atom stereocenters. The van der Waals surface area contributed by atoms with E-state index in [-0.39, 0.29) is 10.6 Å². The molecule has 0 heterocycles. The number of hydrogen-bond donors (Lipinski definition) is 1. The van der Waals surface area contributed by atoms with E-state index < -0.39 is 10.0 Å². The van der Waals surface area contributed by atoms with Gasteiger partial charge in [-0.15, -0.1) is 0 Å². The molecule has 0 bridgehead atoms. The molecule has 0 fully saturated rings.